The maximum Gasteiger partial charge on any atom is 0.225 e. The Balaban J connectivity index is 2.99. The quantitative estimate of drug-likeness (QED) is 0.721. The minimum absolute atomic E-state index is 0.0984. The van der Waals surface area contributed by atoms with E-state index in [9.17, 15) is 14.6 Å². The molecule has 0 aromatic heterocycles. The lowest BCUT2D eigenvalue weighted by Gasteiger charge is -2.23. The predicted molar refractivity (Wildman–Crippen MR) is 65.0 cm³/mol. The van der Waals surface area contributed by atoms with Gasteiger partial charge in [0.05, 0.1) is 0 Å². The number of halogens is 1. The van der Waals surface area contributed by atoms with E-state index in [1.54, 1.807) is 24.3 Å². The van der Waals surface area contributed by atoms with Gasteiger partial charge >= 0.3 is 0 Å². The maximum absolute atomic E-state index is 11.4. The number of nitrogens with two attached hydrogens (primary N) is 1. The van der Waals surface area contributed by atoms with E-state index in [0.29, 0.717) is 10.6 Å². The molecule has 3 atom stereocenters. The summed E-state index contributed by atoms with van der Waals surface area (Å²) in [5, 5.41) is 10.3. The average molecular weight is 264 g/mol. The first-order valence-electron chi connectivity index (χ1n) is 4.80. The Morgan fingerprint density at radius 2 is 1.94 bits per heavy atom. The number of rotatable bonds is 4. The van der Waals surface area contributed by atoms with Crippen LogP contribution in [-0.4, -0.2) is 29.1 Å². The Labute approximate surface area is 99.5 Å². The van der Waals surface area contributed by atoms with Crippen LogP contribution >= 0.6 is 19.0 Å². The Morgan fingerprint density at radius 1 is 1.44 bits per heavy atom. The molecule has 0 radical (unpaired) electrons. The lowest BCUT2D eigenvalue weighted by molar-refractivity contribution is 0.203. The molecule has 0 spiro atoms. The number of aliphatic hydroxyl groups excluding tert-OH is 1. The monoisotopic (exact) mass is 263 g/mol. The Kier molecular flexibility index (Phi) is 4.53. The highest BCUT2D eigenvalue weighted by atomic mass is 35.5. The van der Waals surface area contributed by atoms with Gasteiger partial charge < -0.3 is 15.7 Å². The molecule has 6 heteroatoms. The minimum Gasteiger partial charge on any atom is -0.382 e. The van der Waals surface area contributed by atoms with Crippen molar-refractivity contribution in [3.63, 3.8) is 0 Å². The fourth-order valence-corrected chi connectivity index (χ4v) is 2.56. The van der Waals surface area contributed by atoms with Crippen LogP contribution in [0.3, 0.4) is 0 Å². The van der Waals surface area contributed by atoms with Gasteiger partial charge in [-0.25, -0.2) is 0 Å². The molecule has 0 saturated carbocycles. The molecule has 4 nitrogen and oxygen atoms in total. The van der Waals surface area contributed by atoms with Crippen molar-refractivity contribution in [3.8, 4) is 0 Å². The summed E-state index contributed by atoms with van der Waals surface area (Å²) in [5.74, 6) is -1.91. The van der Waals surface area contributed by atoms with E-state index in [1.165, 1.54) is 0 Å². The highest BCUT2D eigenvalue weighted by Crippen LogP contribution is 2.46. The first-order chi connectivity index (χ1) is 7.36. The zero-order valence-electron chi connectivity index (χ0n) is 8.88. The van der Waals surface area contributed by atoms with Crippen LogP contribution in [0, 0.1) is 0 Å². The van der Waals surface area contributed by atoms with E-state index in [4.69, 9.17) is 17.3 Å². The van der Waals surface area contributed by atoms with Gasteiger partial charge in [0, 0.05) is 24.2 Å². The molecule has 0 aliphatic carbocycles. The van der Waals surface area contributed by atoms with Crippen molar-refractivity contribution in [1.82, 2.24) is 0 Å². The zero-order valence-corrected chi connectivity index (χ0v) is 10.5. The summed E-state index contributed by atoms with van der Waals surface area (Å²) in [7, 11) is -3.56. The maximum atomic E-state index is 11.4. The summed E-state index contributed by atoms with van der Waals surface area (Å²) < 4.78 is 11.4. The molecule has 1 aromatic carbocycles. The number of aliphatic hydroxyl groups is 1. The molecule has 0 saturated heterocycles. The molecule has 4 N–H and O–H groups in total. The van der Waals surface area contributed by atoms with Crippen LogP contribution in [0.2, 0.25) is 5.02 Å². The fourth-order valence-electron chi connectivity index (χ4n) is 1.47. The molecule has 3 unspecified atom stereocenters. The van der Waals surface area contributed by atoms with Gasteiger partial charge in [0.1, 0.15) is 5.85 Å². The molecule has 16 heavy (non-hydrogen) atoms. The van der Waals surface area contributed by atoms with Gasteiger partial charge in [0.15, 0.2) is 0 Å². The Bertz CT molecular complexity index is 390. The summed E-state index contributed by atoms with van der Waals surface area (Å²) >= 11 is 5.73. The second-order valence-electron chi connectivity index (χ2n) is 3.75. The van der Waals surface area contributed by atoms with E-state index in [2.05, 4.69) is 0 Å². The molecule has 1 rings (SSSR count). The summed E-state index contributed by atoms with van der Waals surface area (Å²) in [4.78, 5) is 9.33. The minimum atomic E-state index is -3.56. The zero-order chi connectivity index (χ0) is 12.3. The van der Waals surface area contributed by atoms with E-state index in [-0.39, 0.29) is 6.54 Å². The first kappa shape index (κ1) is 13.7. The van der Waals surface area contributed by atoms with E-state index in [1.807, 2.05) is 0 Å². The Hall–Kier alpha value is -0.380. The van der Waals surface area contributed by atoms with Gasteiger partial charge in [-0.2, -0.15) is 0 Å². The molecular weight excluding hydrogens is 249 g/mol. The van der Waals surface area contributed by atoms with Crippen LogP contribution in [-0.2, 0) is 4.57 Å². The van der Waals surface area contributed by atoms with Gasteiger partial charge in [-0.3, -0.25) is 4.57 Å². The van der Waals surface area contributed by atoms with Crippen LogP contribution in [0.15, 0.2) is 24.3 Å². The smallest absolute Gasteiger partial charge is 0.225 e. The van der Waals surface area contributed by atoms with Crippen LogP contribution in [0.5, 0.6) is 0 Å². The van der Waals surface area contributed by atoms with E-state index in [0.717, 1.165) is 6.66 Å². The van der Waals surface area contributed by atoms with Crippen molar-refractivity contribution >= 4 is 19.0 Å². The first-order valence-corrected chi connectivity index (χ1v) is 7.35. The summed E-state index contributed by atoms with van der Waals surface area (Å²) in [6, 6.07) is 6.70. The average Bonchev–Trinajstić information content (AvgIpc) is 2.20. The number of benzene rings is 1. The molecule has 0 aliphatic rings. The largest absolute Gasteiger partial charge is 0.382 e. The number of hydrogen-bond acceptors (Lipinski definition) is 3. The standard InChI is InChI=1S/C10H15ClNO3P/c1-16(14,15)10(13)9(6-12)7-2-4-8(11)5-3-7/h2-5,9-10,13H,6,12H2,1H3,(H,14,15). The van der Waals surface area contributed by atoms with Crippen molar-refractivity contribution in [2.75, 3.05) is 13.2 Å². The van der Waals surface area contributed by atoms with Crippen molar-refractivity contribution in [2.24, 2.45) is 5.73 Å². The normalized spacial score (nSPS) is 18.8. The van der Waals surface area contributed by atoms with Crippen molar-refractivity contribution in [3.05, 3.63) is 34.9 Å². The molecular formula is C10H15ClNO3P. The molecule has 0 aliphatic heterocycles. The van der Waals surface area contributed by atoms with Gasteiger partial charge in [-0.05, 0) is 17.7 Å². The van der Waals surface area contributed by atoms with Crippen LogP contribution in [0.1, 0.15) is 11.5 Å². The third kappa shape index (κ3) is 3.30. The van der Waals surface area contributed by atoms with E-state index >= 15 is 0 Å². The molecule has 0 fully saturated rings. The van der Waals surface area contributed by atoms with Crippen LogP contribution in [0.4, 0.5) is 0 Å². The van der Waals surface area contributed by atoms with Crippen molar-refractivity contribution < 1.29 is 14.6 Å². The molecule has 0 heterocycles. The second kappa shape index (κ2) is 5.30. The van der Waals surface area contributed by atoms with Gasteiger partial charge in [0.2, 0.25) is 7.37 Å². The summed E-state index contributed by atoms with van der Waals surface area (Å²) in [5.41, 5.74) is 6.22. The summed E-state index contributed by atoms with van der Waals surface area (Å²) in [6.07, 6.45) is 0. The lowest BCUT2D eigenvalue weighted by Crippen LogP contribution is -2.25. The predicted octanol–water partition coefficient (Wildman–Crippen LogP) is 1.60. The highest BCUT2D eigenvalue weighted by molar-refractivity contribution is 7.57. The van der Waals surface area contributed by atoms with E-state index < -0.39 is 19.1 Å². The lowest BCUT2D eigenvalue weighted by atomic mass is 10.0. The number of hydrogen-bond donors (Lipinski definition) is 3. The van der Waals surface area contributed by atoms with Gasteiger partial charge in [0.25, 0.3) is 0 Å². The topological polar surface area (TPSA) is 83.5 Å². The Morgan fingerprint density at radius 3 is 2.31 bits per heavy atom. The molecule has 1 aromatic rings. The fraction of sp³-hybridized carbons (Fsp3) is 0.400. The van der Waals surface area contributed by atoms with Crippen molar-refractivity contribution in [2.45, 2.75) is 11.8 Å². The molecule has 0 amide bonds. The summed E-state index contributed by atoms with van der Waals surface area (Å²) in [6.45, 7) is 1.22. The van der Waals surface area contributed by atoms with Gasteiger partial charge in [-0.1, -0.05) is 23.7 Å². The third-order valence-corrected chi connectivity index (χ3v) is 4.00. The highest BCUT2D eigenvalue weighted by Gasteiger charge is 2.31. The SMILES string of the molecule is CP(=O)(O)C(O)C(CN)c1ccc(Cl)cc1. The third-order valence-electron chi connectivity index (χ3n) is 2.40. The van der Waals surface area contributed by atoms with Crippen LogP contribution < -0.4 is 5.73 Å². The molecule has 0 bridgehead atoms. The van der Waals surface area contributed by atoms with Gasteiger partial charge in [-0.15, -0.1) is 0 Å². The van der Waals surface area contributed by atoms with Crippen molar-refractivity contribution in [1.29, 1.82) is 0 Å². The molecule has 90 valence electrons. The van der Waals surface area contributed by atoms with Crippen LogP contribution in [0.25, 0.3) is 0 Å². The second-order valence-corrected chi connectivity index (χ2v) is 6.60.